The van der Waals surface area contributed by atoms with Gasteiger partial charge in [-0.2, -0.15) is 0 Å². The van der Waals surface area contributed by atoms with Gasteiger partial charge in [0.25, 0.3) is 0 Å². The summed E-state index contributed by atoms with van der Waals surface area (Å²) in [6, 6.07) is 7.75. The Hall–Kier alpha value is -4.62. The maximum atomic E-state index is 13.0. The standard InChI is InChI=1S/C30H33ClN2O10S/c1-37-19-14-24(39-3)20(25(15-19)40-4)11-13-44(35,36)17-18-8-9-23(38-2)30(33-18)32-12-10-22(34)21-16-26(41-5)28(42-6)29(43-7)27(21)31/h8-16H,17H2,1-7H3,(H,32,33). The number of aromatic nitrogens is 1. The summed E-state index contributed by atoms with van der Waals surface area (Å²) < 4.78 is 63.3. The van der Waals surface area contributed by atoms with Crippen LogP contribution in [0, 0.1) is 0 Å². The number of rotatable bonds is 15. The van der Waals surface area contributed by atoms with Crippen LogP contribution in [0.4, 0.5) is 5.82 Å². The molecule has 0 aliphatic carbocycles. The van der Waals surface area contributed by atoms with Crippen molar-refractivity contribution in [1.82, 2.24) is 4.98 Å². The number of methoxy groups -OCH3 is 7. The third-order valence-corrected chi connectivity index (χ3v) is 7.79. The highest BCUT2D eigenvalue weighted by Gasteiger charge is 2.22. The first kappa shape index (κ1) is 33.9. The Morgan fingerprint density at radius 2 is 1.43 bits per heavy atom. The predicted octanol–water partition coefficient (Wildman–Crippen LogP) is 5.19. The van der Waals surface area contributed by atoms with E-state index in [4.69, 9.17) is 44.8 Å². The highest BCUT2D eigenvalue weighted by atomic mass is 35.5. The van der Waals surface area contributed by atoms with Gasteiger partial charge in [0.05, 0.1) is 71.8 Å². The first-order chi connectivity index (χ1) is 21.1. The van der Waals surface area contributed by atoms with Crippen molar-refractivity contribution in [2.24, 2.45) is 0 Å². The number of benzene rings is 2. The molecule has 0 radical (unpaired) electrons. The summed E-state index contributed by atoms with van der Waals surface area (Å²) in [6.07, 6.45) is 3.93. The average Bonchev–Trinajstić information content (AvgIpc) is 3.02. The molecule has 3 aromatic rings. The van der Waals surface area contributed by atoms with E-state index in [9.17, 15) is 13.2 Å². The lowest BCUT2D eigenvalue weighted by molar-refractivity contribution is 0.104. The molecule has 14 heteroatoms. The Morgan fingerprint density at radius 3 is 1.98 bits per heavy atom. The summed E-state index contributed by atoms with van der Waals surface area (Å²) in [6.45, 7) is 0. The number of halogens is 1. The number of pyridine rings is 1. The van der Waals surface area contributed by atoms with Crippen LogP contribution in [0.2, 0.25) is 5.02 Å². The van der Waals surface area contributed by atoms with Gasteiger partial charge >= 0.3 is 0 Å². The predicted molar refractivity (Wildman–Crippen MR) is 167 cm³/mol. The lowest BCUT2D eigenvalue weighted by atomic mass is 10.1. The van der Waals surface area contributed by atoms with Crippen LogP contribution >= 0.6 is 11.6 Å². The Morgan fingerprint density at radius 1 is 0.818 bits per heavy atom. The number of carbonyl (C=O) groups excluding carboxylic acids is 1. The molecule has 0 atom stereocenters. The van der Waals surface area contributed by atoms with Crippen molar-refractivity contribution in [2.75, 3.05) is 55.1 Å². The fraction of sp³-hybridized carbons (Fsp3) is 0.267. The normalized spacial score (nSPS) is 11.4. The van der Waals surface area contributed by atoms with Gasteiger partial charge in [0.2, 0.25) is 5.75 Å². The molecule has 44 heavy (non-hydrogen) atoms. The molecule has 0 aliphatic heterocycles. The fourth-order valence-electron chi connectivity index (χ4n) is 4.04. The monoisotopic (exact) mass is 648 g/mol. The van der Waals surface area contributed by atoms with Crippen molar-refractivity contribution in [1.29, 1.82) is 0 Å². The quantitative estimate of drug-likeness (QED) is 0.171. The maximum absolute atomic E-state index is 13.0. The van der Waals surface area contributed by atoms with E-state index < -0.39 is 21.4 Å². The average molecular weight is 649 g/mol. The number of hydrogen-bond donors (Lipinski definition) is 1. The van der Waals surface area contributed by atoms with E-state index in [-0.39, 0.29) is 39.3 Å². The SMILES string of the molecule is COc1cc(OC)c(C=CS(=O)(=O)Cc2ccc(OC)c(NC=CC(=O)c3cc(OC)c(OC)c(OC)c3Cl)n2)c(OC)c1. The van der Waals surface area contributed by atoms with Crippen molar-refractivity contribution >= 4 is 39.1 Å². The second-order valence-electron chi connectivity index (χ2n) is 8.76. The molecular weight excluding hydrogens is 616 g/mol. The molecule has 0 unspecified atom stereocenters. The van der Waals surface area contributed by atoms with Gasteiger partial charge in [0, 0.05) is 35.4 Å². The van der Waals surface area contributed by atoms with Gasteiger partial charge in [-0.3, -0.25) is 4.79 Å². The first-order valence-corrected chi connectivity index (χ1v) is 14.9. The molecular formula is C30H33ClN2O10S. The van der Waals surface area contributed by atoms with E-state index in [1.54, 1.807) is 18.2 Å². The maximum Gasteiger partial charge on any atom is 0.204 e. The number of allylic oxidation sites excluding steroid dienone is 1. The van der Waals surface area contributed by atoms with E-state index >= 15 is 0 Å². The molecule has 1 N–H and O–H groups in total. The minimum Gasteiger partial charge on any atom is -0.496 e. The highest BCUT2D eigenvalue weighted by Crippen LogP contribution is 2.44. The summed E-state index contributed by atoms with van der Waals surface area (Å²) in [5.74, 6) is 1.48. The summed E-state index contributed by atoms with van der Waals surface area (Å²) in [5.41, 5.74) is 0.751. The number of hydrogen-bond acceptors (Lipinski definition) is 12. The van der Waals surface area contributed by atoms with Crippen LogP contribution in [0.3, 0.4) is 0 Å². The molecule has 1 aromatic heterocycles. The van der Waals surface area contributed by atoms with Crippen molar-refractivity contribution in [3.8, 4) is 40.2 Å². The second kappa shape index (κ2) is 15.2. The van der Waals surface area contributed by atoms with Gasteiger partial charge in [-0.15, -0.1) is 0 Å². The molecule has 0 amide bonds. The van der Waals surface area contributed by atoms with Crippen molar-refractivity contribution in [3.05, 3.63) is 69.9 Å². The van der Waals surface area contributed by atoms with Gasteiger partial charge in [0.15, 0.2) is 38.7 Å². The number of ether oxygens (including phenoxy) is 7. The highest BCUT2D eigenvalue weighted by molar-refractivity contribution is 7.93. The Labute approximate surface area is 261 Å². The van der Waals surface area contributed by atoms with Crippen LogP contribution in [0.15, 0.2) is 48.0 Å². The van der Waals surface area contributed by atoms with Gasteiger partial charge < -0.3 is 38.5 Å². The van der Waals surface area contributed by atoms with E-state index in [1.165, 1.54) is 80.3 Å². The minimum atomic E-state index is -3.80. The second-order valence-corrected chi connectivity index (χ2v) is 11.0. The van der Waals surface area contributed by atoms with Crippen LogP contribution in [0.5, 0.6) is 40.2 Å². The van der Waals surface area contributed by atoms with Crippen molar-refractivity contribution < 1.29 is 46.4 Å². The lowest BCUT2D eigenvalue weighted by Gasteiger charge is -2.15. The summed E-state index contributed by atoms with van der Waals surface area (Å²) in [5, 5.41) is 3.96. The third kappa shape index (κ3) is 7.85. The summed E-state index contributed by atoms with van der Waals surface area (Å²) in [7, 11) is 6.27. The molecule has 2 aromatic carbocycles. The molecule has 0 aliphatic rings. The van der Waals surface area contributed by atoms with E-state index in [0.29, 0.717) is 28.6 Å². The van der Waals surface area contributed by atoms with E-state index in [2.05, 4.69) is 10.3 Å². The molecule has 1 heterocycles. The lowest BCUT2D eigenvalue weighted by Crippen LogP contribution is -2.06. The molecule has 0 saturated heterocycles. The molecule has 0 bridgehead atoms. The van der Waals surface area contributed by atoms with E-state index in [0.717, 1.165) is 5.41 Å². The largest absolute Gasteiger partial charge is 0.496 e. The van der Waals surface area contributed by atoms with Crippen LogP contribution < -0.4 is 38.5 Å². The number of ketones is 1. The minimum absolute atomic E-state index is 0.0423. The molecule has 0 saturated carbocycles. The summed E-state index contributed by atoms with van der Waals surface area (Å²) in [4.78, 5) is 17.4. The molecule has 0 fully saturated rings. The zero-order chi connectivity index (χ0) is 32.4. The van der Waals surface area contributed by atoms with Gasteiger partial charge in [-0.25, -0.2) is 13.4 Å². The third-order valence-electron chi connectivity index (χ3n) is 6.17. The van der Waals surface area contributed by atoms with Crippen LogP contribution in [-0.2, 0) is 15.6 Å². The van der Waals surface area contributed by atoms with Crippen LogP contribution in [-0.4, -0.2) is 69.0 Å². The van der Waals surface area contributed by atoms with Crippen molar-refractivity contribution in [3.63, 3.8) is 0 Å². The van der Waals surface area contributed by atoms with Crippen LogP contribution in [0.25, 0.3) is 6.08 Å². The zero-order valence-corrected chi connectivity index (χ0v) is 26.8. The van der Waals surface area contributed by atoms with Gasteiger partial charge in [-0.1, -0.05) is 11.6 Å². The number of carbonyl (C=O) groups is 1. The Kier molecular flexibility index (Phi) is 11.7. The summed E-state index contributed by atoms with van der Waals surface area (Å²) >= 11 is 6.40. The zero-order valence-electron chi connectivity index (χ0n) is 25.2. The Bertz CT molecular complexity index is 1650. The smallest absolute Gasteiger partial charge is 0.204 e. The number of anilines is 1. The van der Waals surface area contributed by atoms with Gasteiger partial charge in [-0.05, 0) is 24.3 Å². The number of nitrogens with zero attached hydrogens (tertiary/aromatic N) is 1. The molecule has 0 spiro atoms. The first-order valence-electron chi connectivity index (χ1n) is 12.8. The molecule has 3 rings (SSSR count). The molecule has 12 nitrogen and oxygen atoms in total. The van der Waals surface area contributed by atoms with E-state index in [1.807, 2.05) is 0 Å². The fourth-order valence-corrected chi connectivity index (χ4v) is 5.37. The number of sulfone groups is 1. The Balaban J connectivity index is 1.84. The van der Waals surface area contributed by atoms with Gasteiger partial charge in [0.1, 0.15) is 17.2 Å². The van der Waals surface area contributed by atoms with Crippen LogP contribution in [0.1, 0.15) is 21.6 Å². The van der Waals surface area contributed by atoms with Crippen molar-refractivity contribution in [2.45, 2.75) is 5.75 Å². The topological polar surface area (TPSA) is 141 Å². The number of nitrogens with one attached hydrogen (secondary N) is 1. The molecule has 236 valence electrons.